The van der Waals surface area contributed by atoms with E-state index in [1.165, 1.54) is 13.2 Å². The molecule has 0 saturated heterocycles. The number of carbonyl (C=O) groups is 1. The maximum Gasteiger partial charge on any atom is 0.251 e. The predicted octanol–water partition coefficient (Wildman–Crippen LogP) is 2.00. The molecule has 114 valence electrons. The average molecular weight is 300 g/mol. The van der Waals surface area contributed by atoms with Crippen LogP contribution in [0.1, 0.15) is 47.4 Å². The number of nitrogens with zero attached hydrogens (tertiary/aromatic N) is 3. The van der Waals surface area contributed by atoms with E-state index < -0.39 is 0 Å². The molecule has 0 atom stereocenters. The minimum Gasteiger partial charge on any atom is -0.495 e. The summed E-state index contributed by atoms with van der Waals surface area (Å²) in [7, 11) is 1.47. The minimum atomic E-state index is -0.324. The Kier molecular flexibility index (Phi) is 4.73. The van der Waals surface area contributed by atoms with Crippen molar-refractivity contribution < 1.29 is 14.1 Å². The molecular weight excluding hydrogens is 284 g/mol. The summed E-state index contributed by atoms with van der Waals surface area (Å²) in [5.74, 6) is 1.18. The molecule has 7 heteroatoms. The van der Waals surface area contributed by atoms with E-state index in [-0.39, 0.29) is 18.4 Å². The topological polar surface area (TPSA) is 101 Å². The number of benzene rings is 1. The summed E-state index contributed by atoms with van der Waals surface area (Å²) in [6.45, 7) is 4.04. The number of carbonyl (C=O) groups excluding carboxylic acids is 1. The van der Waals surface area contributed by atoms with Crippen LogP contribution in [0.25, 0.3) is 0 Å². The number of aromatic nitrogens is 2. The standard InChI is InChI=1S/C15H16N4O3/c1-9(2)15-18-13(19-22-15)8-17-14(20)10-4-5-12(21-3)11(6-10)7-16/h4-6,9H,8H2,1-3H3,(H,17,20). The van der Waals surface area contributed by atoms with Gasteiger partial charge >= 0.3 is 0 Å². The third-order valence-electron chi connectivity index (χ3n) is 2.97. The molecule has 1 amide bonds. The van der Waals surface area contributed by atoms with Gasteiger partial charge < -0.3 is 14.6 Å². The summed E-state index contributed by atoms with van der Waals surface area (Å²) in [6.07, 6.45) is 0. The van der Waals surface area contributed by atoms with E-state index in [0.717, 1.165) is 0 Å². The van der Waals surface area contributed by atoms with E-state index in [1.54, 1.807) is 12.1 Å². The molecule has 1 aromatic carbocycles. The summed E-state index contributed by atoms with van der Waals surface area (Å²) < 4.78 is 10.1. The first-order valence-electron chi connectivity index (χ1n) is 6.74. The van der Waals surface area contributed by atoms with Gasteiger partial charge in [-0.15, -0.1) is 0 Å². The largest absolute Gasteiger partial charge is 0.495 e. The molecule has 0 aliphatic heterocycles. The Labute approximate surface area is 127 Å². The van der Waals surface area contributed by atoms with E-state index in [0.29, 0.717) is 28.6 Å². The lowest BCUT2D eigenvalue weighted by molar-refractivity contribution is 0.0949. The Morgan fingerprint density at radius 1 is 1.50 bits per heavy atom. The molecule has 0 aliphatic rings. The normalized spacial score (nSPS) is 10.3. The van der Waals surface area contributed by atoms with Gasteiger partial charge in [-0.2, -0.15) is 10.2 Å². The van der Waals surface area contributed by atoms with Gasteiger partial charge in [0.05, 0.1) is 19.2 Å². The SMILES string of the molecule is COc1ccc(C(=O)NCc2noc(C(C)C)n2)cc1C#N. The first-order valence-corrected chi connectivity index (χ1v) is 6.74. The van der Waals surface area contributed by atoms with Gasteiger partial charge in [-0.3, -0.25) is 4.79 Å². The summed E-state index contributed by atoms with van der Waals surface area (Å²) in [4.78, 5) is 16.3. The van der Waals surface area contributed by atoms with Crippen LogP contribution in [0.4, 0.5) is 0 Å². The number of nitrogens with one attached hydrogen (secondary N) is 1. The number of nitriles is 1. The summed E-state index contributed by atoms with van der Waals surface area (Å²) in [6, 6.07) is 6.63. The highest BCUT2D eigenvalue weighted by molar-refractivity contribution is 5.94. The van der Waals surface area contributed by atoms with E-state index >= 15 is 0 Å². The Morgan fingerprint density at radius 3 is 2.86 bits per heavy atom. The molecule has 0 saturated carbocycles. The van der Waals surface area contributed by atoms with Gasteiger partial charge in [0.25, 0.3) is 5.91 Å². The highest BCUT2D eigenvalue weighted by Crippen LogP contribution is 2.18. The molecule has 0 unspecified atom stereocenters. The van der Waals surface area contributed by atoms with Crippen molar-refractivity contribution in [3.8, 4) is 11.8 Å². The lowest BCUT2D eigenvalue weighted by Crippen LogP contribution is -2.23. The Hall–Kier alpha value is -2.88. The molecule has 0 spiro atoms. The number of hydrogen-bond donors (Lipinski definition) is 1. The van der Waals surface area contributed by atoms with E-state index in [1.807, 2.05) is 19.9 Å². The van der Waals surface area contributed by atoms with Crippen molar-refractivity contribution in [3.05, 3.63) is 41.0 Å². The number of rotatable bonds is 5. The fourth-order valence-electron chi connectivity index (χ4n) is 1.77. The quantitative estimate of drug-likeness (QED) is 0.906. The molecule has 2 aromatic rings. The zero-order valence-electron chi connectivity index (χ0n) is 12.6. The van der Waals surface area contributed by atoms with Gasteiger partial charge in [-0.1, -0.05) is 19.0 Å². The summed E-state index contributed by atoms with van der Waals surface area (Å²) in [5.41, 5.74) is 0.668. The first kappa shape index (κ1) is 15.5. The number of methoxy groups -OCH3 is 1. The molecule has 0 radical (unpaired) electrons. The maximum atomic E-state index is 12.1. The van der Waals surface area contributed by atoms with E-state index in [2.05, 4.69) is 15.5 Å². The van der Waals surface area contributed by atoms with Crippen LogP contribution in [-0.4, -0.2) is 23.2 Å². The monoisotopic (exact) mass is 300 g/mol. The van der Waals surface area contributed by atoms with Crippen molar-refractivity contribution in [3.63, 3.8) is 0 Å². The second-order valence-corrected chi connectivity index (χ2v) is 4.91. The van der Waals surface area contributed by atoms with Crippen LogP contribution in [0.5, 0.6) is 5.75 Å². The highest BCUT2D eigenvalue weighted by atomic mass is 16.5. The van der Waals surface area contributed by atoms with Crippen molar-refractivity contribution in [1.82, 2.24) is 15.5 Å². The first-order chi connectivity index (χ1) is 10.5. The Bertz CT molecular complexity index is 716. The van der Waals surface area contributed by atoms with E-state index in [4.69, 9.17) is 14.5 Å². The number of ether oxygens (including phenoxy) is 1. The molecule has 0 fully saturated rings. The van der Waals surface area contributed by atoms with Crippen LogP contribution in [-0.2, 0) is 6.54 Å². The molecule has 7 nitrogen and oxygen atoms in total. The molecular formula is C15H16N4O3. The van der Waals surface area contributed by atoms with E-state index in [9.17, 15) is 4.79 Å². The van der Waals surface area contributed by atoms with Crippen molar-refractivity contribution in [2.24, 2.45) is 0 Å². The Balaban J connectivity index is 2.04. The van der Waals surface area contributed by atoms with Crippen LogP contribution in [0.3, 0.4) is 0 Å². The molecule has 2 rings (SSSR count). The van der Waals surface area contributed by atoms with Crippen LogP contribution in [0.15, 0.2) is 22.7 Å². The van der Waals surface area contributed by atoms with Gasteiger partial charge in [-0.25, -0.2) is 0 Å². The lowest BCUT2D eigenvalue weighted by atomic mass is 10.1. The van der Waals surface area contributed by atoms with Crippen molar-refractivity contribution in [2.75, 3.05) is 7.11 Å². The minimum absolute atomic E-state index is 0.136. The maximum absolute atomic E-state index is 12.1. The molecule has 1 heterocycles. The molecule has 22 heavy (non-hydrogen) atoms. The summed E-state index contributed by atoms with van der Waals surface area (Å²) in [5, 5.41) is 15.5. The average Bonchev–Trinajstić information content (AvgIpc) is 3.01. The van der Waals surface area contributed by atoms with Crippen LogP contribution < -0.4 is 10.1 Å². The zero-order valence-corrected chi connectivity index (χ0v) is 12.6. The van der Waals surface area contributed by atoms with Gasteiger partial charge in [0.1, 0.15) is 11.8 Å². The van der Waals surface area contributed by atoms with Gasteiger partial charge in [0, 0.05) is 11.5 Å². The number of hydrogen-bond acceptors (Lipinski definition) is 6. The smallest absolute Gasteiger partial charge is 0.251 e. The van der Waals surface area contributed by atoms with Crippen LogP contribution >= 0.6 is 0 Å². The van der Waals surface area contributed by atoms with Gasteiger partial charge in [0.15, 0.2) is 5.82 Å². The van der Waals surface area contributed by atoms with Gasteiger partial charge in [-0.05, 0) is 18.2 Å². The van der Waals surface area contributed by atoms with Crippen LogP contribution in [0.2, 0.25) is 0 Å². The molecule has 0 aliphatic carbocycles. The molecule has 1 N–H and O–H groups in total. The molecule has 0 bridgehead atoms. The van der Waals surface area contributed by atoms with Crippen molar-refractivity contribution >= 4 is 5.91 Å². The fraction of sp³-hybridized carbons (Fsp3) is 0.333. The fourth-order valence-corrected chi connectivity index (χ4v) is 1.77. The molecule has 1 aromatic heterocycles. The van der Waals surface area contributed by atoms with Crippen LogP contribution in [0, 0.1) is 11.3 Å². The lowest BCUT2D eigenvalue weighted by Gasteiger charge is -2.06. The van der Waals surface area contributed by atoms with Crippen molar-refractivity contribution in [2.45, 2.75) is 26.3 Å². The zero-order chi connectivity index (χ0) is 16.1. The third kappa shape index (κ3) is 3.41. The highest BCUT2D eigenvalue weighted by Gasteiger charge is 2.13. The van der Waals surface area contributed by atoms with Gasteiger partial charge in [0.2, 0.25) is 5.89 Å². The summed E-state index contributed by atoms with van der Waals surface area (Å²) >= 11 is 0. The number of amides is 1. The van der Waals surface area contributed by atoms with Crippen molar-refractivity contribution in [1.29, 1.82) is 5.26 Å². The third-order valence-corrected chi connectivity index (χ3v) is 2.97. The second kappa shape index (κ2) is 6.72. The predicted molar refractivity (Wildman–Crippen MR) is 77.3 cm³/mol. The second-order valence-electron chi connectivity index (χ2n) is 4.91. The Morgan fingerprint density at radius 2 is 2.27 bits per heavy atom.